The lowest BCUT2D eigenvalue weighted by Crippen LogP contribution is -2.60. The van der Waals surface area contributed by atoms with Gasteiger partial charge in [0.2, 0.25) is 5.76 Å². The quantitative estimate of drug-likeness (QED) is 0.576. The van der Waals surface area contributed by atoms with E-state index in [1.165, 1.54) is 6.08 Å². The van der Waals surface area contributed by atoms with Crippen LogP contribution in [0, 0.1) is 0 Å². The van der Waals surface area contributed by atoms with Crippen LogP contribution >= 0.6 is 0 Å². The molecule has 1 aliphatic heterocycles. The average Bonchev–Trinajstić information content (AvgIpc) is 2.52. The second-order valence-electron chi connectivity index (χ2n) is 5.76. The van der Waals surface area contributed by atoms with Crippen molar-refractivity contribution in [1.29, 1.82) is 0 Å². The molecule has 1 aliphatic rings. The van der Waals surface area contributed by atoms with E-state index in [0.29, 0.717) is 19.6 Å². The van der Waals surface area contributed by atoms with Crippen molar-refractivity contribution >= 4 is 11.9 Å². The number of hydrogen-bond donors (Lipinski definition) is 3. The Morgan fingerprint density at radius 1 is 1.26 bits per heavy atom. The first kappa shape index (κ1) is 19.4. The molecule has 0 aromatic carbocycles. The average molecular weight is 327 g/mol. The summed E-state index contributed by atoms with van der Waals surface area (Å²) in [4.78, 5) is 25.8. The second-order valence-corrected chi connectivity index (χ2v) is 5.76. The maximum Gasteiger partial charge on any atom is 0.370 e. The topological polar surface area (TPSA) is 105 Å². The number of nitrogens with two attached hydrogens (primary N) is 1. The Labute approximate surface area is 137 Å². The lowest BCUT2D eigenvalue weighted by atomic mass is 9.97. The number of carbonyl (C=O) groups is 2. The summed E-state index contributed by atoms with van der Waals surface area (Å²) in [6.07, 6.45) is 3.00. The maximum absolute atomic E-state index is 12.9. The number of nitrogens with one attached hydrogen (secondary N) is 1. The lowest BCUT2D eigenvalue weighted by molar-refractivity contribution is -0.149. The molecule has 23 heavy (non-hydrogen) atoms. The third-order valence-electron chi connectivity index (χ3n) is 3.72. The normalized spacial score (nSPS) is 23.8. The van der Waals surface area contributed by atoms with Crippen molar-refractivity contribution in [2.75, 3.05) is 19.6 Å². The molecule has 0 bridgehead atoms. The summed E-state index contributed by atoms with van der Waals surface area (Å²) in [5.41, 5.74) is 6.07. The molecule has 0 saturated heterocycles. The van der Waals surface area contributed by atoms with Crippen LogP contribution in [0.5, 0.6) is 0 Å². The molecule has 0 spiro atoms. The van der Waals surface area contributed by atoms with Crippen LogP contribution in [0.3, 0.4) is 0 Å². The number of carboxylic acid groups (broad SMARTS) is 1. The minimum Gasteiger partial charge on any atom is -0.475 e. The highest BCUT2D eigenvalue weighted by molar-refractivity contribution is 5.88. The van der Waals surface area contributed by atoms with Gasteiger partial charge >= 0.3 is 5.97 Å². The number of hydrogen-bond acceptors (Lipinski definition) is 5. The summed E-state index contributed by atoms with van der Waals surface area (Å²) in [5, 5.41) is 12.4. The zero-order valence-electron chi connectivity index (χ0n) is 14.2. The lowest BCUT2D eigenvalue weighted by Gasteiger charge is -2.37. The van der Waals surface area contributed by atoms with E-state index in [0.717, 1.165) is 19.3 Å². The van der Waals surface area contributed by atoms with Crippen molar-refractivity contribution in [2.45, 2.75) is 58.2 Å². The predicted octanol–water partition coefficient (Wildman–Crippen LogP) is 0.698. The van der Waals surface area contributed by atoms with E-state index in [1.54, 1.807) is 4.90 Å². The molecule has 132 valence electrons. The van der Waals surface area contributed by atoms with Gasteiger partial charge in [-0.2, -0.15) is 0 Å². The molecular formula is C16H29N3O4. The van der Waals surface area contributed by atoms with Crippen molar-refractivity contribution in [1.82, 2.24) is 10.2 Å². The summed E-state index contributed by atoms with van der Waals surface area (Å²) in [7, 11) is 0. The molecule has 1 rings (SSSR count). The SMILES string of the molecule is CCCN[C@@H]1[C@H](N)C=C(C(=O)O)O[C@H]1C(=O)N(CCC)CCC. The monoisotopic (exact) mass is 327 g/mol. The summed E-state index contributed by atoms with van der Waals surface area (Å²) in [6, 6.07) is -1.01. The van der Waals surface area contributed by atoms with E-state index in [4.69, 9.17) is 15.6 Å². The summed E-state index contributed by atoms with van der Waals surface area (Å²) < 4.78 is 5.49. The van der Waals surface area contributed by atoms with Gasteiger partial charge in [-0.15, -0.1) is 0 Å². The number of rotatable bonds is 9. The molecule has 1 amide bonds. The number of aliphatic carboxylic acids is 1. The Morgan fingerprint density at radius 3 is 2.35 bits per heavy atom. The molecule has 7 nitrogen and oxygen atoms in total. The number of ether oxygens (including phenoxy) is 1. The standard InChI is InChI=1S/C16H29N3O4/c1-4-7-18-13-11(17)10-12(16(21)22)23-14(13)15(20)19(8-5-2)9-6-3/h10-11,13-14,18H,4-9,17H2,1-3H3,(H,21,22)/t11-,13-,14-/m1/s1. The van der Waals surface area contributed by atoms with Gasteiger partial charge in [0.1, 0.15) is 0 Å². The molecule has 0 aromatic heterocycles. The molecule has 0 radical (unpaired) electrons. The fraction of sp³-hybridized carbons (Fsp3) is 0.750. The van der Waals surface area contributed by atoms with Gasteiger partial charge in [-0.3, -0.25) is 4.79 Å². The summed E-state index contributed by atoms with van der Waals surface area (Å²) in [5.74, 6) is -1.66. The molecular weight excluding hydrogens is 298 g/mol. The van der Waals surface area contributed by atoms with Crippen LogP contribution in [-0.2, 0) is 14.3 Å². The fourth-order valence-corrected chi connectivity index (χ4v) is 2.66. The van der Waals surface area contributed by atoms with Crippen molar-refractivity contribution < 1.29 is 19.4 Å². The molecule has 0 saturated carbocycles. The Kier molecular flexibility index (Phi) is 8.05. The van der Waals surface area contributed by atoms with Crippen LogP contribution in [0.4, 0.5) is 0 Å². The van der Waals surface area contributed by atoms with Crippen molar-refractivity contribution in [3.63, 3.8) is 0 Å². The molecule has 3 atom stereocenters. The number of amides is 1. The predicted molar refractivity (Wildman–Crippen MR) is 87.8 cm³/mol. The molecule has 7 heteroatoms. The third kappa shape index (κ3) is 5.21. The van der Waals surface area contributed by atoms with Gasteiger partial charge in [-0.25, -0.2) is 4.79 Å². The Hall–Kier alpha value is -1.60. The highest BCUT2D eigenvalue weighted by Gasteiger charge is 2.40. The Balaban J connectivity index is 3.01. The van der Waals surface area contributed by atoms with Gasteiger partial charge in [0, 0.05) is 19.1 Å². The van der Waals surface area contributed by atoms with Gasteiger partial charge in [0.25, 0.3) is 5.91 Å². The summed E-state index contributed by atoms with van der Waals surface area (Å²) >= 11 is 0. The summed E-state index contributed by atoms with van der Waals surface area (Å²) in [6.45, 7) is 7.93. The van der Waals surface area contributed by atoms with Gasteiger partial charge in [-0.1, -0.05) is 20.8 Å². The smallest absolute Gasteiger partial charge is 0.370 e. The van der Waals surface area contributed by atoms with E-state index in [1.807, 2.05) is 20.8 Å². The van der Waals surface area contributed by atoms with Gasteiger partial charge in [-0.05, 0) is 31.9 Å². The molecule has 1 heterocycles. The van der Waals surface area contributed by atoms with E-state index in [2.05, 4.69) is 5.32 Å². The second kappa shape index (κ2) is 9.52. The zero-order valence-corrected chi connectivity index (χ0v) is 14.2. The first-order valence-electron chi connectivity index (χ1n) is 8.35. The van der Waals surface area contributed by atoms with Crippen molar-refractivity contribution in [3.8, 4) is 0 Å². The maximum atomic E-state index is 12.9. The van der Waals surface area contributed by atoms with E-state index >= 15 is 0 Å². The van der Waals surface area contributed by atoms with Crippen molar-refractivity contribution in [2.24, 2.45) is 5.73 Å². The van der Waals surface area contributed by atoms with Crippen LogP contribution in [0.25, 0.3) is 0 Å². The van der Waals surface area contributed by atoms with E-state index in [-0.39, 0.29) is 11.7 Å². The minimum absolute atomic E-state index is 0.204. The van der Waals surface area contributed by atoms with E-state index in [9.17, 15) is 9.59 Å². The molecule has 0 unspecified atom stereocenters. The Morgan fingerprint density at radius 2 is 1.87 bits per heavy atom. The number of nitrogens with zero attached hydrogens (tertiary/aromatic N) is 1. The van der Waals surface area contributed by atoms with Gasteiger partial charge in [0.15, 0.2) is 6.10 Å². The number of carboxylic acids is 1. The van der Waals surface area contributed by atoms with Crippen LogP contribution in [0.15, 0.2) is 11.8 Å². The Bertz CT molecular complexity index is 433. The molecule has 0 fully saturated rings. The number of carbonyl (C=O) groups excluding carboxylic acids is 1. The van der Waals surface area contributed by atoms with E-state index < -0.39 is 24.2 Å². The highest BCUT2D eigenvalue weighted by atomic mass is 16.5. The van der Waals surface area contributed by atoms with Gasteiger partial charge in [0.05, 0.1) is 6.04 Å². The molecule has 0 aromatic rings. The first-order valence-corrected chi connectivity index (χ1v) is 8.35. The van der Waals surface area contributed by atoms with Gasteiger partial charge < -0.3 is 25.8 Å². The van der Waals surface area contributed by atoms with Crippen LogP contribution in [0.1, 0.15) is 40.0 Å². The molecule has 4 N–H and O–H groups in total. The largest absolute Gasteiger partial charge is 0.475 e. The van der Waals surface area contributed by atoms with Crippen LogP contribution < -0.4 is 11.1 Å². The first-order chi connectivity index (χ1) is 11.0. The molecule has 0 aliphatic carbocycles. The van der Waals surface area contributed by atoms with Crippen LogP contribution in [-0.4, -0.2) is 59.7 Å². The van der Waals surface area contributed by atoms with Crippen molar-refractivity contribution in [3.05, 3.63) is 11.8 Å². The highest BCUT2D eigenvalue weighted by Crippen LogP contribution is 2.20. The third-order valence-corrected chi connectivity index (χ3v) is 3.72. The minimum atomic E-state index is -1.20. The zero-order chi connectivity index (χ0) is 17.4. The fourth-order valence-electron chi connectivity index (χ4n) is 2.66. The van der Waals surface area contributed by atoms with Crippen LogP contribution in [0.2, 0.25) is 0 Å².